The van der Waals surface area contributed by atoms with E-state index in [1.54, 1.807) is 12.1 Å². The van der Waals surface area contributed by atoms with Gasteiger partial charge in [0.2, 0.25) is 0 Å². The third-order valence-corrected chi connectivity index (χ3v) is 5.11. The highest BCUT2D eigenvalue weighted by atomic mass is 19.1. The molecule has 4 N–H and O–H groups in total. The van der Waals surface area contributed by atoms with Crippen LogP contribution in [0.4, 0.5) is 10.2 Å². The van der Waals surface area contributed by atoms with Crippen LogP contribution in [0.3, 0.4) is 0 Å². The van der Waals surface area contributed by atoms with Crippen molar-refractivity contribution in [1.82, 2.24) is 14.6 Å². The van der Waals surface area contributed by atoms with Gasteiger partial charge in [0.25, 0.3) is 0 Å². The van der Waals surface area contributed by atoms with Gasteiger partial charge in [-0.2, -0.15) is 10.4 Å². The molecule has 2 aliphatic rings. The number of nitriles is 1. The number of alkyl halides is 1. The zero-order valence-corrected chi connectivity index (χ0v) is 13.1. The third kappa shape index (κ3) is 2.08. The molecule has 0 aromatic carbocycles. The Kier molecular flexibility index (Phi) is 3.50. The molecule has 1 fully saturated rings. The van der Waals surface area contributed by atoms with Gasteiger partial charge in [0.15, 0.2) is 11.5 Å². The first-order chi connectivity index (χ1) is 12.0. The summed E-state index contributed by atoms with van der Waals surface area (Å²) < 4.78 is 22.2. The van der Waals surface area contributed by atoms with Gasteiger partial charge in [0.05, 0.1) is 25.0 Å². The fraction of sp³-hybridized carbons (Fsp3) is 0.438. The van der Waals surface area contributed by atoms with E-state index in [0.717, 1.165) is 0 Å². The molecule has 0 saturated carbocycles. The first kappa shape index (κ1) is 16.0. The molecule has 3 heterocycles. The minimum atomic E-state index is -2.10. The summed E-state index contributed by atoms with van der Waals surface area (Å²) in [5, 5.41) is 32.9. The van der Waals surface area contributed by atoms with E-state index in [1.165, 1.54) is 16.9 Å². The molecule has 1 aliphatic heterocycles. The summed E-state index contributed by atoms with van der Waals surface area (Å²) in [6.45, 7) is -0.826. The number of ether oxygens (including phenoxy) is 1. The Labute approximate surface area is 142 Å². The molecule has 0 amide bonds. The highest BCUT2D eigenvalue weighted by molar-refractivity contribution is 5.66. The topological polar surface area (TPSA) is 130 Å². The molecule has 9 heteroatoms. The minimum Gasteiger partial charge on any atom is -0.394 e. The molecule has 1 aliphatic carbocycles. The Morgan fingerprint density at radius 2 is 2.32 bits per heavy atom. The van der Waals surface area contributed by atoms with Crippen molar-refractivity contribution in [2.24, 2.45) is 5.92 Å². The number of fused-ring (bicyclic) bond motifs is 1. The monoisotopic (exact) mass is 345 g/mol. The van der Waals surface area contributed by atoms with Crippen molar-refractivity contribution < 1.29 is 19.3 Å². The van der Waals surface area contributed by atoms with Crippen molar-refractivity contribution in [3.63, 3.8) is 0 Å². The van der Waals surface area contributed by atoms with Gasteiger partial charge in [-0.15, -0.1) is 0 Å². The Hall–Kier alpha value is -2.54. The van der Waals surface area contributed by atoms with Crippen molar-refractivity contribution in [3.8, 4) is 6.07 Å². The molecule has 0 bridgehead atoms. The zero-order valence-electron chi connectivity index (χ0n) is 13.1. The van der Waals surface area contributed by atoms with Gasteiger partial charge in [-0.25, -0.2) is 13.9 Å². The summed E-state index contributed by atoms with van der Waals surface area (Å²) >= 11 is 0. The van der Waals surface area contributed by atoms with Crippen LogP contribution in [-0.2, 0) is 4.74 Å². The van der Waals surface area contributed by atoms with Crippen LogP contribution in [0.25, 0.3) is 5.52 Å². The first-order valence-electron chi connectivity index (χ1n) is 7.80. The largest absolute Gasteiger partial charge is 0.394 e. The average Bonchev–Trinajstić information content (AvgIpc) is 3.11. The Balaban J connectivity index is 1.77. The number of halogens is 1. The molecule has 2 aromatic rings. The summed E-state index contributed by atoms with van der Waals surface area (Å²) in [6.07, 6.45) is 0.330. The lowest BCUT2D eigenvalue weighted by Crippen LogP contribution is -2.51. The van der Waals surface area contributed by atoms with Gasteiger partial charge in [-0.3, -0.25) is 0 Å². The molecule has 0 radical (unpaired) electrons. The van der Waals surface area contributed by atoms with E-state index in [9.17, 15) is 15.5 Å². The molecule has 8 nitrogen and oxygen atoms in total. The number of allylic oxidation sites excluding steroid dienone is 2. The fourth-order valence-corrected chi connectivity index (χ4v) is 3.71. The lowest BCUT2D eigenvalue weighted by atomic mass is 9.64. The molecule has 0 spiro atoms. The van der Waals surface area contributed by atoms with Crippen LogP contribution in [0, 0.1) is 17.2 Å². The second-order valence-corrected chi connectivity index (χ2v) is 6.34. The van der Waals surface area contributed by atoms with Crippen LogP contribution in [-0.4, -0.2) is 55.9 Å². The van der Waals surface area contributed by atoms with Crippen molar-refractivity contribution in [1.29, 1.82) is 5.26 Å². The van der Waals surface area contributed by atoms with E-state index < -0.39 is 36.3 Å². The zero-order chi connectivity index (χ0) is 17.8. The minimum absolute atomic E-state index is 0.277. The average molecular weight is 345 g/mol. The molecule has 4 unspecified atom stereocenters. The van der Waals surface area contributed by atoms with E-state index in [2.05, 4.69) is 16.2 Å². The van der Waals surface area contributed by atoms with Gasteiger partial charge in [-0.1, -0.05) is 6.08 Å². The first-order valence-corrected chi connectivity index (χ1v) is 7.80. The number of anilines is 1. The van der Waals surface area contributed by atoms with E-state index in [4.69, 9.17) is 10.5 Å². The van der Waals surface area contributed by atoms with Crippen molar-refractivity contribution in [2.75, 3.05) is 18.9 Å². The smallest absolute Gasteiger partial charge is 0.169 e. The van der Waals surface area contributed by atoms with Crippen molar-refractivity contribution in [3.05, 3.63) is 35.8 Å². The molecular formula is C16H16FN5O3. The van der Waals surface area contributed by atoms with E-state index in [1.807, 2.05) is 0 Å². The highest BCUT2D eigenvalue weighted by Crippen LogP contribution is 2.52. The lowest BCUT2D eigenvalue weighted by Gasteiger charge is -2.41. The van der Waals surface area contributed by atoms with Gasteiger partial charge >= 0.3 is 0 Å². The highest BCUT2D eigenvalue weighted by Gasteiger charge is 2.59. The summed E-state index contributed by atoms with van der Waals surface area (Å²) in [5.74, 6) is -1.09. The van der Waals surface area contributed by atoms with Crippen LogP contribution < -0.4 is 5.73 Å². The van der Waals surface area contributed by atoms with Crippen LogP contribution in [0.5, 0.6) is 0 Å². The van der Waals surface area contributed by atoms with E-state index >= 15 is 4.39 Å². The van der Waals surface area contributed by atoms with E-state index in [-0.39, 0.29) is 12.4 Å². The van der Waals surface area contributed by atoms with Crippen LogP contribution >= 0.6 is 0 Å². The maximum Gasteiger partial charge on any atom is 0.169 e. The van der Waals surface area contributed by atoms with Crippen molar-refractivity contribution in [2.45, 2.75) is 23.8 Å². The second-order valence-electron chi connectivity index (χ2n) is 6.34. The van der Waals surface area contributed by atoms with Crippen LogP contribution in [0.15, 0.2) is 30.1 Å². The Bertz CT molecular complexity index is 907. The SMILES string of the molecule is N#CC1=CC(C2(F)CO[C@H](CO)C2O)C1c1ccc2c(N)ncnn12. The fourth-order valence-electron chi connectivity index (χ4n) is 3.71. The quantitative estimate of drug-likeness (QED) is 0.710. The molecule has 4 rings (SSSR count). The molecule has 5 atom stereocenters. The number of nitrogens with zero attached hydrogens (tertiary/aromatic N) is 4. The van der Waals surface area contributed by atoms with Gasteiger partial charge in [-0.05, 0) is 12.1 Å². The molecule has 25 heavy (non-hydrogen) atoms. The number of aromatic nitrogens is 3. The van der Waals surface area contributed by atoms with Crippen LogP contribution in [0.2, 0.25) is 0 Å². The number of nitrogens with two attached hydrogens (primary N) is 1. The maximum atomic E-state index is 15.5. The number of rotatable bonds is 3. The standard InChI is InChI=1S/C16H16FN5O3/c17-16(6-25-12(5-23)14(16)24)9-3-8(4-18)13(9)10-1-2-11-15(19)20-7-21-22(10)11/h1-3,7,9,12-14,23-24H,5-6H2,(H2,19,20,21)/t9?,12-,13?,14?,16?/m1/s1. The third-order valence-electron chi connectivity index (χ3n) is 5.11. The van der Waals surface area contributed by atoms with Crippen LogP contribution in [0.1, 0.15) is 11.6 Å². The lowest BCUT2D eigenvalue weighted by molar-refractivity contribution is -0.0337. The van der Waals surface area contributed by atoms with E-state index in [0.29, 0.717) is 16.8 Å². The molecule has 2 aromatic heterocycles. The van der Waals surface area contributed by atoms with Gasteiger partial charge in [0, 0.05) is 17.4 Å². The Morgan fingerprint density at radius 3 is 3.00 bits per heavy atom. The van der Waals surface area contributed by atoms with Crippen molar-refractivity contribution >= 4 is 11.3 Å². The molecule has 1 saturated heterocycles. The summed E-state index contributed by atoms with van der Waals surface area (Å²) in [7, 11) is 0. The maximum absolute atomic E-state index is 15.5. The second kappa shape index (κ2) is 5.49. The number of nitrogen functional groups attached to an aromatic ring is 1. The Morgan fingerprint density at radius 1 is 1.52 bits per heavy atom. The predicted octanol–water partition coefficient (Wildman–Crippen LogP) is -0.0648. The molecular weight excluding hydrogens is 329 g/mol. The summed E-state index contributed by atoms with van der Waals surface area (Å²) in [5.41, 5.74) is 5.26. The number of hydrogen-bond donors (Lipinski definition) is 3. The normalized spacial score (nSPS) is 34.6. The number of aliphatic hydroxyl groups is 2. The summed E-state index contributed by atoms with van der Waals surface area (Å²) in [6, 6.07) is 5.49. The molecule has 130 valence electrons. The summed E-state index contributed by atoms with van der Waals surface area (Å²) in [4.78, 5) is 3.91. The number of aliphatic hydroxyl groups excluding tert-OH is 2. The van der Waals surface area contributed by atoms with Gasteiger partial charge in [0.1, 0.15) is 24.1 Å². The predicted molar refractivity (Wildman–Crippen MR) is 84.0 cm³/mol. The number of hydrogen-bond acceptors (Lipinski definition) is 7. The van der Waals surface area contributed by atoms with Gasteiger partial charge < -0.3 is 20.7 Å².